The van der Waals surface area contributed by atoms with E-state index in [1.165, 1.54) is 25.0 Å². The van der Waals surface area contributed by atoms with Crippen LogP contribution in [0.5, 0.6) is 0 Å². The average Bonchev–Trinajstić information content (AvgIpc) is 3.59. The highest BCUT2D eigenvalue weighted by molar-refractivity contribution is 7.89. The summed E-state index contributed by atoms with van der Waals surface area (Å²) in [7, 11) is -3.78. The largest absolute Gasteiger partial charge is 0.351 e. The highest BCUT2D eigenvalue weighted by Gasteiger charge is 2.15. The topological polar surface area (TPSA) is 113 Å². The molecule has 2 amide bonds. The van der Waals surface area contributed by atoms with Crippen molar-refractivity contribution in [2.24, 2.45) is 5.14 Å². The summed E-state index contributed by atoms with van der Waals surface area (Å²) in [4.78, 5) is 30.6. The van der Waals surface area contributed by atoms with Crippen LogP contribution in [0.1, 0.15) is 39.9 Å². The lowest BCUT2D eigenvalue weighted by Crippen LogP contribution is -2.33. The summed E-state index contributed by atoms with van der Waals surface area (Å²) in [6.45, 7) is 4.48. The fourth-order valence-electron chi connectivity index (χ4n) is 5.56. The molecule has 4 aromatic rings. The minimum atomic E-state index is -3.78. The van der Waals surface area contributed by atoms with Crippen molar-refractivity contribution >= 4 is 27.9 Å². The van der Waals surface area contributed by atoms with Crippen LogP contribution in [0.4, 0.5) is 0 Å². The van der Waals surface area contributed by atoms with Gasteiger partial charge < -0.3 is 15.1 Å². The van der Waals surface area contributed by atoms with Crippen LogP contribution < -0.4 is 10.5 Å². The zero-order chi connectivity index (χ0) is 32.4. The molecule has 1 aliphatic heterocycles. The Labute approximate surface area is 271 Å². The molecule has 9 heteroatoms. The lowest BCUT2D eigenvalue weighted by Gasteiger charge is -2.22. The molecule has 1 fully saturated rings. The van der Waals surface area contributed by atoms with E-state index < -0.39 is 10.0 Å². The number of carbonyl (C=O) groups is 2. The Bertz CT molecular complexity index is 1770. The van der Waals surface area contributed by atoms with E-state index in [-0.39, 0.29) is 16.7 Å². The number of hydrogen-bond acceptors (Lipinski definition) is 5. The molecule has 8 nitrogen and oxygen atoms in total. The second kappa shape index (κ2) is 15.6. The molecular weight excluding hydrogens is 596 g/mol. The first kappa shape index (κ1) is 32.8. The average molecular weight is 637 g/mol. The van der Waals surface area contributed by atoms with Crippen molar-refractivity contribution in [2.45, 2.75) is 30.7 Å². The molecule has 238 valence electrons. The molecule has 0 aliphatic carbocycles. The molecule has 0 aromatic heterocycles. The van der Waals surface area contributed by atoms with Crippen LogP contribution in [0, 0.1) is 0 Å². The normalized spacial score (nSPS) is 13.6. The van der Waals surface area contributed by atoms with E-state index in [1.807, 2.05) is 78.9 Å². The Hall–Kier alpha value is -4.57. The number of nitrogens with zero attached hydrogens (tertiary/aromatic N) is 2. The molecule has 1 heterocycles. The number of amides is 2. The molecule has 0 radical (unpaired) electrons. The van der Waals surface area contributed by atoms with Gasteiger partial charge in [0.1, 0.15) is 0 Å². The number of rotatable bonds is 13. The molecular formula is C37H40N4O4S. The predicted octanol–water partition coefficient (Wildman–Crippen LogP) is 5.11. The number of nitrogens with one attached hydrogen (secondary N) is 1. The van der Waals surface area contributed by atoms with Crippen LogP contribution in [-0.2, 0) is 27.8 Å². The van der Waals surface area contributed by atoms with E-state index >= 15 is 0 Å². The zero-order valence-corrected chi connectivity index (χ0v) is 26.7. The molecule has 0 unspecified atom stereocenters. The van der Waals surface area contributed by atoms with Crippen LogP contribution in [0.25, 0.3) is 17.2 Å². The third-order valence-corrected chi connectivity index (χ3v) is 9.05. The van der Waals surface area contributed by atoms with Gasteiger partial charge in [-0.25, -0.2) is 13.6 Å². The van der Waals surface area contributed by atoms with E-state index in [0.717, 1.165) is 47.5 Å². The smallest absolute Gasteiger partial charge is 0.251 e. The van der Waals surface area contributed by atoms with Gasteiger partial charge in [-0.15, -0.1) is 0 Å². The number of primary sulfonamides is 1. The first-order valence-electron chi connectivity index (χ1n) is 15.6. The van der Waals surface area contributed by atoms with Crippen molar-refractivity contribution in [3.05, 3.63) is 131 Å². The van der Waals surface area contributed by atoms with Crippen molar-refractivity contribution < 1.29 is 18.0 Å². The minimum absolute atomic E-state index is 0.0513. The standard InChI is InChI=1S/C37H40N4O4S/c38-46(44,45)35-17-14-30(15-18-35)20-24-41(36(42)19-16-29-8-2-1-3-9-29)28-31-10-6-11-32(26-31)33-12-7-13-34(27-33)37(43)39-21-25-40-22-4-5-23-40/h1-3,6-19,26-27H,4-5,20-25,28H2,(H,39,43)(H2,38,44,45)/b19-16+. The monoisotopic (exact) mass is 636 g/mol. The number of sulfonamides is 1. The number of carbonyl (C=O) groups excluding carboxylic acids is 2. The molecule has 3 N–H and O–H groups in total. The minimum Gasteiger partial charge on any atom is -0.351 e. The van der Waals surface area contributed by atoms with Gasteiger partial charge in [0.25, 0.3) is 5.91 Å². The van der Waals surface area contributed by atoms with Gasteiger partial charge in [-0.1, -0.05) is 72.8 Å². The molecule has 1 saturated heterocycles. The summed E-state index contributed by atoms with van der Waals surface area (Å²) in [6, 6.07) is 31.7. The first-order chi connectivity index (χ1) is 22.2. The maximum atomic E-state index is 13.5. The molecule has 46 heavy (non-hydrogen) atoms. The molecule has 0 atom stereocenters. The van der Waals surface area contributed by atoms with Crippen LogP contribution in [0.2, 0.25) is 0 Å². The van der Waals surface area contributed by atoms with Crippen molar-refractivity contribution in [3.63, 3.8) is 0 Å². The second-order valence-electron chi connectivity index (χ2n) is 11.5. The van der Waals surface area contributed by atoms with Gasteiger partial charge in [-0.2, -0.15) is 0 Å². The Morgan fingerprint density at radius 3 is 2.24 bits per heavy atom. The first-order valence-corrected chi connectivity index (χ1v) is 17.1. The van der Waals surface area contributed by atoms with Crippen LogP contribution in [-0.4, -0.2) is 62.8 Å². The number of hydrogen-bond donors (Lipinski definition) is 2. The Morgan fingerprint density at radius 2 is 1.52 bits per heavy atom. The van der Waals surface area contributed by atoms with E-state index in [4.69, 9.17) is 5.14 Å². The van der Waals surface area contributed by atoms with Gasteiger partial charge >= 0.3 is 0 Å². The lowest BCUT2D eigenvalue weighted by molar-refractivity contribution is -0.126. The van der Waals surface area contributed by atoms with Gasteiger partial charge in [0.2, 0.25) is 15.9 Å². The van der Waals surface area contributed by atoms with Gasteiger partial charge in [0, 0.05) is 37.8 Å². The summed E-state index contributed by atoms with van der Waals surface area (Å²) in [5.74, 6) is -0.223. The Balaban J connectivity index is 1.29. The summed E-state index contributed by atoms with van der Waals surface area (Å²) in [5.41, 5.74) is 5.25. The third kappa shape index (κ3) is 9.47. The summed E-state index contributed by atoms with van der Waals surface area (Å²) < 4.78 is 23.3. The molecule has 4 aromatic carbocycles. The second-order valence-corrected chi connectivity index (χ2v) is 13.1. The Kier molecular flexibility index (Phi) is 11.1. The van der Waals surface area contributed by atoms with Crippen LogP contribution in [0.15, 0.2) is 114 Å². The summed E-state index contributed by atoms with van der Waals surface area (Å²) in [5, 5.41) is 8.29. The Morgan fingerprint density at radius 1 is 0.826 bits per heavy atom. The zero-order valence-electron chi connectivity index (χ0n) is 25.8. The highest BCUT2D eigenvalue weighted by Crippen LogP contribution is 2.23. The van der Waals surface area contributed by atoms with E-state index in [9.17, 15) is 18.0 Å². The molecule has 0 spiro atoms. The van der Waals surface area contributed by atoms with Crippen LogP contribution in [0.3, 0.4) is 0 Å². The quantitative estimate of drug-likeness (QED) is 0.198. The maximum Gasteiger partial charge on any atom is 0.251 e. The van der Waals surface area contributed by atoms with Gasteiger partial charge in [-0.3, -0.25) is 9.59 Å². The van der Waals surface area contributed by atoms with Crippen molar-refractivity contribution in [3.8, 4) is 11.1 Å². The molecule has 1 aliphatic rings. The van der Waals surface area contributed by atoms with Crippen molar-refractivity contribution in [1.82, 2.24) is 15.1 Å². The molecule has 0 bridgehead atoms. The van der Waals surface area contributed by atoms with Crippen molar-refractivity contribution in [2.75, 3.05) is 32.7 Å². The maximum absolute atomic E-state index is 13.5. The summed E-state index contributed by atoms with van der Waals surface area (Å²) in [6.07, 6.45) is 6.36. The number of likely N-dealkylation sites (tertiary alicyclic amines) is 1. The van der Waals surface area contributed by atoms with Gasteiger partial charge in [0.15, 0.2) is 0 Å². The van der Waals surface area contributed by atoms with Crippen molar-refractivity contribution in [1.29, 1.82) is 0 Å². The molecule has 0 saturated carbocycles. The van der Waals surface area contributed by atoms with Gasteiger partial charge in [0.05, 0.1) is 4.90 Å². The third-order valence-electron chi connectivity index (χ3n) is 8.12. The van der Waals surface area contributed by atoms with E-state index in [1.54, 1.807) is 29.2 Å². The van der Waals surface area contributed by atoms with Crippen LogP contribution >= 0.6 is 0 Å². The lowest BCUT2D eigenvalue weighted by atomic mass is 10.0. The fraction of sp³-hybridized carbons (Fsp3) is 0.243. The van der Waals surface area contributed by atoms with Gasteiger partial charge in [-0.05, 0) is 96.6 Å². The fourth-order valence-corrected chi connectivity index (χ4v) is 6.08. The highest BCUT2D eigenvalue weighted by atomic mass is 32.2. The van der Waals surface area contributed by atoms with E-state index in [2.05, 4.69) is 10.2 Å². The summed E-state index contributed by atoms with van der Waals surface area (Å²) >= 11 is 0. The molecule has 5 rings (SSSR count). The van der Waals surface area contributed by atoms with E-state index in [0.29, 0.717) is 31.6 Å². The number of benzene rings is 4. The predicted molar refractivity (Wildman–Crippen MR) is 182 cm³/mol. The number of nitrogens with two attached hydrogens (primary N) is 1. The SMILES string of the molecule is NS(=O)(=O)c1ccc(CCN(Cc2cccc(-c3cccc(C(=O)NCCN4CCCC4)c3)c2)C(=O)/C=C/c2ccccc2)cc1.